The Kier molecular flexibility index (Phi) is 7.32. The van der Waals surface area contributed by atoms with Crippen LogP contribution in [-0.4, -0.2) is 72.0 Å². The summed E-state index contributed by atoms with van der Waals surface area (Å²) in [5, 5.41) is 20.9. The maximum Gasteiger partial charge on any atom is 0.308 e. The van der Waals surface area contributed by atoms with E-state index in [0.29, 0.717) is 19.4 Å². The molecule has 7 nitrogen and oxygen atoms in total. The third-order valence-corrected chi connectivity index (χ3v) is 10.7. The lowest BCUT2D eigenvalue weighted by Gasteiger charge is -2.46. The summed E-state index contributed by atoms with van der Waals surface area (Å²) in [4.78, 5) is 45.1. The molecule has 0 aliphatic carbocycles. The Morgan fingerprint density at radius 2 is 1.84 bits per heavy atom. The number of carboxylic acids is 1. The monoisotopic (exact) mass is 542 g/mol. The second-order valence-electron chi connectivity index (χ2n) is 13.2. The van der Waals surface area contributed by atoms with Crippen LogP contribution in [0.5, 0.6) is 0 Å². The highest BCUT2D eigenvalue weighted by atomic mass is 32.2. The van der Waals surface area contributed by atoms with Gasteiger partial charge in [-0.1, -0.05) is 57.2 Å². The molecule has 2 unspecified atom stereocenters. The van der Waals surface area contributed by atoms with Gasteiger partial charge in [0.15, 0.2) is 0 Å². The molecule has 2 amide bonds. The third kappa shape index (κ3) is 4.47. The summed E-state index contributed by atoms with van der Waals surface area (Å²) in [6, 6.07) is 7.57. The van der Waals surface area contributed by atoms with Gasteiger partial charge in [0, 0.05) is 16.8 Å². The van der Waals surface area contributed by atoms with Crippen LogP contribution in [0.2, 0.25) is 0 Å². The van der Waals surface area contributed by atoms with E-state index < -0.39 is 44.9 Å². The molecular formula is C30H42N2O5S. The van der Waals surface area contributed by atoms with E-state index in [-0.39, 0.29) is 23.8 Å². The number of hydrogen-bond donors (Lipinski definition) is 2. The van der Waals surface area contributed by atoms with E-state index in [9.17, 15) is 24.6 Å². The van der Waals surface area contributed by atoms with Crippen LogP contribution in [0.25, 0.3) is 0 Å². The Hall–Kier alpha value is -2.32. The Morgan fingerprint density at radius 1 is 1.21 bits per heavy atom. The minimum Gasteiger partial charge on any atom is -0.481 e. The first-order chi connectivity index (χ1) is 17.6. The largest absolute Gasteiger partial charge is 0.481 e. The van der Waals surface area contributed by atoms with Gasteiger partial charge in [-0.25, -0.2) is 0 Å². The van der Waals surface area contributed by atoms with E-state index in [1.165, 1.54) is 11.8 Å². The van der Waals surface area contributed by atoms with Crippen LogP contribution in [0, 0.1) is 17.3 Å². The number of nitrogens with zero attached hydrogens (tertiary/aromatic N) is 2. The van der Waals surface area contributed by atoms with Gasteiger partial charge in [-0.05, 0) is 51.0 Å². The lowest BCUT2D eigenvalue weighted by Crippen LogP contribution is -2.60. The molecule has 3 aliphatic rings. The van der Waals surface area contributed by atoms with Crippen molar-refractivity contribution in [1.29, 1.82) is 0 Å². The summed E-state index contributed by atoms with van der Waals surface area (Å²) in [5.41, 5.74) is 0.112. The number of aliphatic hydroxyl groups is 1. The maximum atomic E-state index is 14.8. The maximum absolute atomic E-state index is 14.8. The number of carbonyl (C=O) groups excluding carboxylic acids is 2. The minimum absolute atomic E-state index is 0.0602. The standard InChI is InChI=1S/C30H42N2O5S/c1-8-16-31(28(5,6)18-27(2,3)4)25(35)23-30-15-14-29(7,38-30)22(26(36)37)21(30)24(34)32(23)20(17-33)19-12-10-9-11-13-19/h8-13,20-23,33H,1,14-18H2,2-7H3,(H,36,37)/t20-,21+,22+,23?,29-,30?/m1/s1. The van der Waals surface area contributed by atoms with Crippen LogP contribution < -0.4 is 0 Å². The van der Waals surface area contributed by atoms with Crippen LogP contribution in [0.15, 0.2) is 43.0 Å². The Bertz CT molecular complexity index is 1120. The third-order valence-electron chi connectivity index (χ3n) is 8.68. The molecule has 0 aromatic heterocycles. The molecule has 208 valence electrons. The molecule has 2 bridgehead atoms. The zero-order valence-electron chi connectivity index (χ0n) is 23.4. The number of carbonyl (C=O) groups is 3. The number of amides is 2. The molecule has 2 N–H and O–H groups in total. The number of rotatable bonds is 9. The normalized spacial score (nSPS) is 31.3. The molecule has 3 heterocycles. The molecule has 38 heavy (non-hydrogen) atoms. The summed E-state index contributed by atoms with van der Waals surface area (Å²) in [6.07, 6.45) is 3.63. The molecular weight excluding hydrogens is 500 g/mol. The average molecular weight is 543 g/mol. The topological polar surface area (TPSA) is 98.2 Å². The van der Waals surface area contributed by atoms with Crippen molar-refractivity contribution in [2.24, 2.45) is 17.3 Å². The van der Waals surface area contributed by atoms with Gasteiger partial charge in [-0.3, -0.25) is 14.4 Å². The Labute approximate surface area is 230 Å². The molecule has 3 aliphatic heterocycles. The number of thioether (sulfide) groups is 1. The van der Waals surface area contributed by atoms with Crippen LogP contribution in [0.3, 0.4) is 0 Å². The molecule has 1 aromatic rings. The molecule has 0 saturated carbocycles. The predicted octanol–water partition coefficient (Wildman–Crippen LogP) is 4.52. The molecule has 6 atom stereocenters. The zero-order valence-corrected chi connectivity index (χ0v) is 24.3. The van der Waals surface area contributed by atoms with Gasteiger partial charge in [0.2, 0.25) is 11.8 Å². The summed E-state index contributed by atoms with van der Waals surface area (Å²) in [6.45, 7) is 16.3. The van der Waals surface area contributed by atoms with Crippen molar-refractivity contribution in [3.63, 3.8) is 0 Å². The van der Waals surface area contributed by atoms with Gasteiger partial charge in [0.05, 0.1) is 29.2 Å². The Morgan fingerprint density at radius 3 is 2.37 bits per heavy atom. The van der Waals surface area contributed by atoms with Crippen LogP contribution in [0.4, 0.5) is 0 Å². The van der Waals surface area contributed by atoms with Crippen molar-refractivity contribution >= 4 is 29.5 Å². The highest BCUT2D eigenvalue weighted by Gasteiger charge is 2.78. The number of likely N-dealkylation sites (tertiary alicyclic amines) is 1. The SMILES string of the molecule is C=CCN(C(=O)C1N([C@H](CO)c2ccccc2)C(=O)[C@@H]2[C@@H](C(=O)O)[C@@]3(C)CCC12S3)C(C)(C)CC(C)(C)C. The molecule has 1 spiro atoms. The number of aliphatic hydroxyl groups excluding tert-OH is 1. The number of benzene rings is 1. The highest BCUT2D eigenvalue weighted by molar-refractivity contribution is 8.02. The van der Waals surface area contributed by atoms with Crippen molar-refractivity contribution < 1.29 is 24.6 Å². The van der Waals surface area contributed by atoms with Crippen molar-refractivity contribution in [3.05, 3.63) is 48.6 Å². The smallest absolute Gasteiger partial charge is 0.308 e. The van der Waals surface area contributed by atoms with Gasteiger partial charge in [0.25, 0.3) is 0 Å². The van der Waals surface area contributed by atoms with Crippen molar-refractivity contribution in [3.8, 4) is 0 Å². The van der Waals surface area contributed by atoms with E-state index in [2.05, 4.69) is 27.4 Å². The molecule has 8 heteroatoms. The zero-order chi connectivity index (χ0) is 28.3. The van der Waals surface area contributed by atoms with Gasteiger partial charge < -0.3 is 20.0 Å². The lowest BCUT2D eigenvalue weighted by molar-refractivity contribution is -0.151. The number of carboxylic acid groups (broad SMARTS) is 1. The van der Waals surface area contributed by atoms with E-state index in [4.69, 9.17) is 0 Å². The second-order valence-corrected chi connectivity index (χ2v) is 15.1. The van der Waals surface area contributed by atoms with Gasteiger partial charge in [-0.2, -0.15) is 0 Å². The summed E-state index contributed by atoms with van der Waals surface area (Å²) in [5.74, 6) is -3.26. The fourth-order valence-corrected chi connectivity index (χ4v) is 10.0. The highest BCUT2D eigenvalue weighted by Crippen LogP contribution is 2.72. The van der Waals surface area contributed by atoms with E-state index in [0.717, 1.165) is 12.0 Å². The van der Waals surface area contributed by atoms with Crippen molar-refractivity contribution in [2.75, 3.05) is 13.2 Å². The predicted molar refractivity (Wildman–Crippen MR) is 150 cm³/mol. The summed E-state index contributed by atoms with van der Waals surface area (Å²) in [7, 11) is 0. The molecule has 3 fully saturated rings. The molecule has 4 rings (SSSR count). The van der Waals surface area contributed by atoms with Crippen LogP contribution in [-0.2, 0) is 14.4 Å². The number of aliphatic carboxylic acids is 1. The first-order valence-corrected chi connectivity index (χ1v) is 14.3. The van der Waals surface area contributed by atoms with Crippen molar-refractivity contribution in [2.45, 2.75) is 87.9 Å². The van der Waals surface area contributed by atoms with E-state index in [1.54, 1.807) is 11.0 Å². The average Bonchev–Trinajstić information content (AvgIpc) is 3.38. The van der Waals surface area contributed by atoms with Gasteiger partial charge in [0.1, 0.15) is 6.04 Å². The Balaban J connectivity index is 1.89. The fraction of sp³-hybridized carbons (Fsp3) is 0.633. The summed E-state index contributed by atoms with van der Waals surface area (Å²) >= 11 is 1.52. The first-order valence-electron chi connectivity index (χ1n) is 13.5. The minimum atomic E-state index is -0.996. The van der Waals surface area contributed by atoms with Crippen LogP contribution >= 0.6 is 11.8 Å². The number of hydrogen-bond acceptors (Lipinski definition) is 5. The fourth-order valence-electron chi connectivity index (χ4n) is 7.69. The quantitative estimate of drug-likeness (QED) is 0.446. The lowest BCUT2D eigenvalue weighted by atomic mass is 9.66. The van der Waals surface area contributed by atoms with E-state index >= 15 is 0 Å². The molecule has 1 aromatic carbocycles. The molecule has 0 radical (unpaired) electrons. The van der Waals surface area contributed by atoms with E-state index in [1.807, 2.05) is 56.0 Å². The van der Waals surface area contributed by atoms with Crippen molar-refractivity contribution in [1.82, 2.24) is 9.80 Å². The molecule has 3 saturated heterocycles. The van der Waals surface area contributed by atoms with Gasteiger partial charge >= 0.3 is 5.97 Å². The number of fused-ring (bicyclic) bond motifs is 1. The van der Waals surface area contributed by atoms with Gasteiger partial charge in [-0.15, -0.1) is 18.3 Å². The van der Waals surface area contributed by atoms with Crippen LogP contribution in [0.1, 0.15) is 72.4 Å². The second kappa shape index (κ2) is 9.70. The summed E-state index contributed by atoms with van der Waals surface area (Å²) < 4.78 is -1.49. The first kappa shape index (κ1) is 28.7.